The molecule has 0 fully saturated rings. The van der Waals surface area contributed by atoms with E-state index >= 15 is 0 Å². The van der Waals surface area contributed by atoms with Gasteiger partial charge in [-0.15, -0.1) is 16.6 Å². The van der Waals surface area contributed by atoms with Crippen molar-refractivity contribution in [3.63, 3.8) is 0 Å². The molecule has 0 saturated heterocycles. The topological polar surface area (TPSA) is 64.9 Å². The Morgan fingerprint density at radius 1 is 1.06 bits per heavy atom. The minimum Gasteiger partial charge on any atom is -0.479 e. The number of imidazole rings is 1. The van der Waals surface area contributed by atoms with E-state index in [0.29, 0.717) is 16.7 Å². The summed E-state index contributed by atoms with van der Waals surface area (Å²) < 4.78 is 7.68. The van der Waals surface area contributed by atoms with E-state index < -0.39 is 0 Å². The number of ether oxygens (including phenoxy) is 1. The van der Waals surface area contributed by atoms with E-state index in [1.165, 1.54) is 0 Å². The van der Waals surface area contributed by atoms with E-state index in [2.05, 4.69) is 26.4 Å². The molecule has 5 aromatic rings. The van der Waals surface area contributed by atoms with Crippen LogP contribution in [0.15, 0.2) is 67.0 Å². The number of hydrogen-bond donors (Lipinski definition) is 1. The lowest BCUT2D eigenvalue weighted by atomic mass is 10.1. The Morgan fingerprint density at radius 2 is 1.94 bits per heavy atom. The fourth-order valence-corrected chi connectivity index (χ4v) is 3.84. The van der Waals surface area contributed by atoms with Crippen LogP contribution in [0.1, 0.15) is 5.56 Å². The Balaban J connectivity index is 1.52. The number of aryl methyl sites for hydroxylation is 1. The average molecular weight is 440 g/mol. The van der Waals surface area contributed by atoms with Crippen LogP contribution in [-0.4, -0.2) is 26.4 Å². The summed E-state index contributed by atoms with van der Waals surface area (Å²) in [6, 6.07) is 19.7. The van der Waals surface area contributed by atoms with Crippen LogP contribution < -0.4 is 10.1 Å². The van der Waals surface area contributed by atoms with E-state index in [1.807, 2.05) is 72.2 Å². The highest BCUT2D eigenvalue weighted by molar-refractivity contribution is 6.34. The van der Waals surface area contributed by atoms with Gasteiger partial charge in [0, 0.05) is 16.5 Å². The molecule has 1 N–H and O–H groups in total. The van der Waals surface area contributed by atoms with Crippen LogP contribution in [0.25, 0.3) is 27.5 Å². The second-order valence-corrected chi connectivity index (χ2v) is 7.65. The summed E-state index contributed by atoms with van der Waals surface area (Å²) in [6.45, 7) is 2.22. The number of anilines is 2. The molecular formula is C25H18ClN5O. The molecule has 0 aliphatic carbocycles. The number of para-hydroxylation sites is 2. The smallest absolute Gasteiger partial charge is 0.161 e. The van der Waals surface area contributed by atoms with Crippen molar-refractivity contribution in [1.82, 2.24) is 19.7 Å². The molecule has 0 amide bonds. The zero-order valence-corrected chi connectivity index (χ0v) is 18.0. The van der Waals surface area contributed by atoms with Gasteiger partial charge in [-0.05, 0) is 43.3 Å². The van der Waals surface area contributed by atoms with Crippen LogP contribution >= 0.6 is 11.6 Å². The fraction of sp³-hybridized carbons (Fsp3) is 0.0800. The number of nitrogens with one attached hydrogen (secondary N) is 1. The summed E-state index contributed by atoms with van der Waals surface area (Å²) in [5, 5.41) is 13.8. The van der Waals surface area contributed by atoms with E-state index in [-0.39, 0.29) is 6.61 Å². The van der Waals surface area contributed by atoms with Crippen molar-refractivity contribution in [2.24, 2.45) is 0 Å². The Kier molecular flexibility index (Phi) is 5.10. The number of hydrogen-bond acceptors (Lipinski definition) is 5. The highest BCUT2D eigenvalue weighted by Gasteiger charge is 2.12. The van der Waals surface area contributed by atoms with Crippen LogP contribution in [0.2, 0.25) is 5.15 Å². The monoisotopic (exact) mass is 439 g/mol. The third-order valence-corrected chi connectivity index (χ3v) is 5.42. The molecular weight excluding hydrogens is 422 g/mol. The van der Waals surface area contributed by atoms with Gasteiger partial charge >= 0.3 is 0 Å². The van der Waals surface area contributed by atoms with Gasteiger partial charge in [0.05, 0.1) is 16.7 Å². The van der Waals surface area contributed by atoms with Crippen molar-refractivity contribution in [2.45, 2.75) is 6.92 Å². The van der Waals surface area contributed by atoms with Gasteiger partial charge in [-0.1, -0.05) is 47.4 Å². The van der Waals surface area contributed by atoms with Crippen LogP contribution in [0, 0.1) is 19.3 Å². The number of nitrogens with zero attached hydrogens (tertiary/aromatic N) is 4. The van der Waals surface area contributed by atoms with Crippen molar-refractivity contribution in [1.29, 1.82) is 0 Å². The molecule has 3 aromatic carbocycles. The highest BCUT2D eigenvalue weighted by Crippen LogP contribution is 2.31. The zero-order chi connectivity index (χ0) is 22.1. The van der Waals surface area contributed by atoms with Gasteiger partial charge in [-0.25, -0.2) is 4.98 Å². The largest absolute Gasteiger partial charge is 0.479 e. The average Bonchev–Trinajstić information content (AvgIpc) is 3.23. The summed E-state index contributed by atoms with van der Waals surface area (Å²) in [7, 11) is 0. The Labute approximate surface area is 189 Å². The molecule has 0 saturated carbocycles. The molecule has 2 aromatic heterocycles. The molecule has 32 heavy (non-hydrogen) atoms. The maximum Gasteiger partial charge on any atom is 0.161 e. The lowest BCUT2D eigenvalue weighted by Crippen LogP contribution is -2.00. The summed E-state index contributed by atoms with van der Waals surface area (Å²) in [5.41, 5.74) is 4.59. The molecule has 0 spiro atoms. The molecule has 0 radical (unpaired) electrons. The Hall–Kier alpha value is -4.08. The lowest BCUT2D eigenvalue weighted by molar-refractivity contribution is 0.369. The molecule has 0 aliphatic rings. The SMILES string of the molecule is C#CCOc1ccccc1-n1cnc2cc(Nc3nnc(Cl)c4cc(C)ccc34)ccc21. The second kappa shape index (κ2) is 8.22. The zero-order valence-electron chi connectivity index (χ0n) is 17.2. The first-order chi connectivity index (χ1) is 15.6. The van der Waals surface area contributed by atoms with Crippen molar-refractivity contribution in [3.05, 3.63) is 77.7 Å². The molecule has 6 nitrogen and oxygen atoms in total. The number of aromatic nitrogens is 4. The maximum absolute atomic E-state index is 6.25. The molecule has 5 rings (SSSR count). The van der Waals surface area contributed by atoms with E-state index in [4.69, 9.17) is 22.8 Å². The summed E-state index contributed by atoms with van der Waals surface area (Å²) in [4.78, 5) is 4.58. The minimum atomic E-state index is 0.202. The van der Waals surface area contributed by atoms with Crippen LogP contribution in [0.5, 0.6) is 5.75 Å². The van der Waals surface area contributed by atoms with Crippen LogP contribution in [0.3, 0.4) is 0 Å². The normalized spacial score (nSPS) is 10.9. The van der Waals surface area contributed by atoms with Gasteiger partial charge in [0.25, 0.3) is 0 Å². The summed E-state index contributed by atoms with van der Waals surface area (Å²) in [5.74, 6) is 3.84. The molecule has 0 aliphatic heterocycles. The quantitative estimate of drug-likeness (QED) is 0.356. The van der Waals surface area contributed by atoms with Crippen LogP contribution in [0.4, 0.5) is 11.5 Å². The van der Waals surface area contributed by atoms with Gasteiger partial charge in [0.1, 0.15) is 18.7 Å². The number of terminal acetylenes is 1. The number of fused-ring (bicyclic) bond motifs is 2. The van der Waals surface area contributed by atoms with E-state index in [0.717, 1.165) is 38.7 Å². The third kappa shape index (κ3) is 3.59. The molecule has 0 atom stereocenters. The molecule has 2 heterocycles. The molecule has 0 unspecified atom stereocenters. The molecule has 7 heteroatoms. The van der Waals surface area contributed by atoms with Gasteiger partial charge in [-0.3, -0.25) is 4.57 Å². The predicted octanol–water partition coefficient (Wildman–Crippen LogP) is 5.69. The van der Waals surface area contributed by atoms with Gasteiger partial charge in [-0.2, -0.15) is 0 Å². The fourth-order valence-electron chi connectivity index (χ4n) is 3.65. The van der Waals surface area contributed by atoms with Gasteiger partial charge < -0.3 is 10.1 Å². The van der Waals surface area contributed by atoms with Crippen molar-refractivity contribution in [2.75, 3.05) is 11.9 Å². The van der Waals surface area contributed by atoms with Gasteiger partial charge in [0.15, 0.2) is 11.0 Å². The van der Waals surface area contributed by atoms with Crippen molar-refractivity contribution < 1.29 is 4.74 Å². The maximum atomic E-state index is 6.25. The Bertz CT molecular complexity index is 1500. The van der Waals surface area contributed by atoms with Crippen molar-refractivity contribution in [3.8, 4) is 23.8 Å². The summed E-state index contributed by atoms with van der Waals surface area (Å²) >= 11 is 6.25. The number of halogens is 1. The second-order valence-electron chi connectivity index (χ2n) is 7.29. The van der Waals surface area contributed by atoms with Gasteiger partial charge in [0.2, 0.25) is 0 Å². The first-order valence-corrected chi connectivity index (χ1v) is 10.3. The number of rotatable bonds is 5. The first-order valence-electron chi connectivity index (χ1n) is 9.96. The van der Waals surface area contributed by atoms with Crippen LogP contribution in [-0.2, 0) is 0 Å². The van der Waals surface area contributed by atoms with E-state index in [9.17, 15) is 0 Å². The highest BCUT2D eigenvalue weighted by atomic mass is 35.5. The molecule has 0 bridgehead atoms. The van der Waals surface area contributed by atoms with E-state index in [1.54, 1.807) is 6.33 Å². The summed E-state index contributed by atoms with van der Waals surface area (Å²) in [6.07, 6.45) is 7.12. The first kappa shape index (κ1) is 19.9. The molecule has 156 valence electrons. The number of benzene rings is 3. The minimum absolute atomic E-state index is 0.202. The third-order valence-electron chi connectivity index (χ3n) is 5.14. The lowest BCUT2D eigenvalue weighted by Gasteiger charge is -2.12. The Morgan fingerprint density at radius 3 is 2.81 bits per heavy atom. The van der Waals surface area contributed by atoms with Crippen molar-refractivity contribution >= 4 is 44.9 Å². The standard InChI is InChI=1S/C25H18ClN5O/c1-3-12-32-23-7-5-4-6-22(23)31-15-27-20-14-17(9-11-21(20)31)28-25-18-10-8-16(2)13-19(18)24(26)29-30-25/h1,4-11,13-15H,12H2,2H3,(H,28,30). The predicted molar refractivity (Wildman–Crippen MR) is 128 cm³/mol.